The highest BCUT2D eigenvalue weighted by atomic mass is 16.5. The summed E-state index contributed by atoms with van der Waals surface area (Å²) < 4.78 is 6.55. The molecule has 0 saturated carbocycles. The molecule has 0 bridgehead atoms. The Balaban J connectivity index is 2.01. The maximum Gasteiger partial charge on any atom is 0.354 e. The summed E-state index contributed by atoms with van der Waals surface area (Å²) >= 11 is 0. The lowest BCUT2D eigenvalue weighted by Crippen LogP contribution is -2.43. The molecular formula is C25H28N2O4. The lowest BCUT2D eigenvalue weighted by atomic mass is 9.98. The molecule has 0 aliphatic rings. The first-order valence-electron chi connectivity index (χ1n) is 10.3. The first-order chi connectivity index (χ1) is 14.7. The highest BCUT2D eigenvalue weighted by Crippen LogP contribution is 2.26. The van der Waals surface area contributed by atoms with Gasteiger partial charge in [-0.3, -0.25) is 9.59 Å². The first-order valence-corrected chi connectivity index (χ1v) is 10.3. The van der Waals surface area contributed by atoms with Gasteiger partial charge in [-0.05, 0) is 50.1 Å². The van der Waals surface area contributed by atoms with Crippen molar-refractivity contribution >= 4 is 28.4 Å². The van der Waals surface area contributed by atoms with Gasteiger partial charge in [-0.25, -0.2) is 4.79 Å². The number of hydrogen-bond acceptors (Lipinski definition) is 4. The van der Waals surface area contributed by atoms with Crippen LogP contribution in [0.3, 0.4) is 0 Å². The maximum atomic E-state index is 13.5. The van der Waals surface area contributed by atoms with Gasteiger partial charge in [-0.15, -0.1) is 0 Å². The van der Waals surface area contributed by atoms with Crippen LogP contribution in [0.5, 0.6) is 0 Å². The SMILES string of the molecule is CCN(C(=O)c1cccc2ccccc12)[C@H](C)C(=O)c1c(C)c(C(=O)OC)n(C)c1C. The van der Waals surface area contributed by atoms with Crippen molar-refractivity contribution in [3.63, 3.8) is 0 Å². The second-order valence-electron chi connectivity index (χ2n) is 7.64. The average Bonchev–Trinajstić information content (AvgIpc) is 3.00. The molecule has 3 rings (SSSR count). The van der Waals surface area contributed by atoms with Crippen LogP contribution in [0.4, 0.5) is 0 Å². The number of carbonyl (C=O) groups is 3. The number of rotatable bonds is 6. The van der Waals surface area contributed by atoms with Gasteiger partial charge in [-0.2, -0.15) is 0 Å². The van der Waals surface area contributed by atoms with Crippen LogP contribution in [0.25, 0.3) is 10.8 Å². The molecule has 162 valence electrons. The Morgan fingerprint density at radius 1 is 1.06 bits per heavy atom. The molecule has 1 atom stereocenters. The van der Waals surface area contributed by atoms with E-state index in [1.807, 2.05) is 43.3 Å². The van der Waals surface area contributed by atoms with Crippen molar-refractivity contribution in [1.82, 2.24) is 9.47 Å². The van der Waals surface area contributed by atoms with Crippen LogP contribution >= 0.6 is 0 Å². The summed E-state index contributed by atoms with van der Waals surface area (Å²) in [6.07, 6.45) is 0. The highest BCUT2D eigenvalue weighted by molar-refractivity contribution is 6.11. The Labute approximate surface area is 182 Å². The topological polar surface area (TPSA) is 68.6 Å². The van der Waals surface area contributed by atoms with E-state index in [0.717, 1.165) is 10.8 Å². The Kier molecular flexibility index (Phi) is 6.29. The van der Waals surface area contributed by atoms with Gasteiger partial charge in [0.2, 0.25) is 0 Å². The average molecular weight is 421 g/mol. The summed E-state index contributed by atoms with van der Waals surface area (Å²) in [5, 5.41) is 1.83. The van der Waals surface area contributed by atoms with E-state index in [1.165, 1.54) is 7.11 Å². The van der Waals surface area contributed by atoms with Gasteiger partial charge in [0, 0.05) is 30.4 Å². The van der Waals surface area contributed by atoms with E-state index < -0.39 is 12.0 Å². The zero-order chi connectivity index (χ0) is 22.9. The van der Waals surface area contributed by atoms with E-state index in [2.05, 4.69) is 0 Å². The van der Waals surface area contributed by atoms with E-state index in [9.17, 15) is 14.4 Å². The molecule has 0 spiro atoms. The van der Waals surface area contributed by atoms with Crippen LogP contribution in [0.1, 0.15) is 56.3 Å². The van der Waals surface area contributed by atoms with Crippen molar-refractivity contribution < 1.29 is 19.1 Å². The molecule has 0 fully saturated rings. The number of hydrogen-bond donors (Lipinski definition) is 0. The third-order valence-electron chi connectivity index (χ3n) is 6.02. The molecule has 0 aliphatic carbocycles. The quantitative estimate of drug-likeness (QED) is 0.440. The minimum absolute atomic E-state index is 0.195. The fourth-order valence-electron chi connectivity index (χ4n) is 4.24. The van der Waals surface area contributed by atoms with E-state index in [4.69, 9.17) is 4.74 Å². The Morgan fingerprint density at radius 2 is 1.71 bits per heavy atom. The molecular weight excluding hydrogens is 392 g/mol. The minimum atomic E-state index is -0.693. The lowest BCUT2D eigenvalue weighted by molar-refractivity contribution is 0.0588. The summed E-state index contributed by atoms with van der Waals surface area (Å²) in [6.45, 7) is 7.50. The number of ketones is 1. The van der Waals surface area contributed by atoms with E-state index in [-0.39, 0.29) is 11.7 Å². The fraction of sp³-hybridized carbons (Fsp3) is 0.320. The molecule has 1 amide bonds. The number of Topliss-reactive ketones (excluding diaryl/α,β-unsaturated/α-hetero) is 1. The standard InChI is InChI=1S/C25H28N2O4/c1-7-27(24(29)20-14-10-12-18-11-8-9-13-19(18)20)17(4)23(28)21-15(2)22(25(30)31-6)26(5)16(21)3/h8-14,17H,7H2,1-6H3/t17-/m1/s1. The van der Waals surface area contributed by atoms with Crippen molar-refractivity contribution in [3.05, 3.63) is 70.5 Å². The van der Waals surface area contributed by atoms with Gasteiger partial charge in [0.05, 0.1) is 13.2 Å². The summed E-state index contributed by atoms with van der Waals surface area (Å²) in [5.41, 5.74) is 2.61. The minimum Gasteiger partial charge on any atom is -0.464 e. The number of methoxy groups -OCH3 is 1. The second-order valence-corrected chi connectivity index (χ2v) is 7.64. The molecule has 1 aromatic heterocycles. The van der Waals surface area contributed by atoms with Gasteiger partial charge >= 0.3 is 5.97 Å². The van der Waals surface area contributed by atoms with E-state index in [1.54, 1.807) is 43.4 Å². The van der Waals surface area contributed by atoms with Crippen molar-refractivity contribution in [2.45, 2.75) is 33.7 Å². The summed E-state index contributed by atoms with van der Waals surface area (Å²) in [7, 11) is 3.05. The monoisotopic (exact) mass is 420 g/mol. The zero-order valence-corrected chi connectivity index (χ0v) is 18.9. The third-order valence-corrected chi connectivity index (χ3v) is 6.02. The van der Waals surface area contributed by atoms with Gasteiger partial charge in [-0.1, -0.05) is 36.4 Å². The largest absolute Gasteiger partial charge is 0.464 e. The molecule has 31 heavy (non-hydrogen) atoms. The fourth-order valence-corrected chi connectivity index (χ4v) is 4.24. The predicted octanol–water partition coefficient (Wildman–Crippen LogP) is 4.32. The normalized spacial score (nSPS) is 11.9. The molecule has 6 heteroatoms. The molecule has 3 aromatic rings. The summed E-state index contributed by atoms with van der Waals surface area (Å²) in [6, 6.07) is 12.6. The summed E-state index contributed by atoms with van der Waals surface area (Å²) in [4.78, 5) is 40.7. The van der Waals surface area contributed by atoms with Crippen LogP contribution in [0.15, 0.2) is 42.5 Å². The maximum absolute atomic E-state index is 13.5. The number of esters is 1. The molecule has 2 aromatic carbocycles. The van der Waals surface area contributed by atoms with E-state index in [0.29, 0.717) is 34.6 Å². The molecule has 0 saturated heterocycles. The van der Waals surface area contributed by atoms with Crippen LogP contribution < -0.4 is 0 Å². The zero-order valence-electron chi connectivity index (χ0n) is 18.9. The van der Waals surface area contributed by atoms with Crippen LogP contribution in [-0.4, -0.2) is 46.8 Å². The Hall–Kier alpha value is -3.41. The summed E-state index contributed by atoms with van der Waals surface area (Å²) in [5.74, 6) is -0.884. The van der Waals surface area contributed by atoms with Crippen molar-refractivity contribution in [2.24, 2.45) is 7.05 Å². The Morgan fingerprint density at radius 3 is 2.35 bits per heavy atom. The van der Waals surface area contributed by atoms with Crippen molar-refractivity contribution in [3.8, 4) is 0 Å². The van der Waals surface area contributed by atoms with Gasteiger partial charge in [0.1, 0.15) is 5.69 Å². The van der Waals surface area contributed by atoms with Gasteiger partial charge < -0.3 is 14.2 Å². The lowest BCUT2D eigenvalue weighted by Gasteiger charge is -2.28. The first kappa shape index (κ1) is 22.3. The molecule has 0 radical (unpaired) electrons. The van der Waals surface area contributed by atoms with Crippen molar-refractivity contribution in [2.75, 3.05) is 13.7 Å². The molecule has 0 aliphatic heterocycles. The van der Waals surface area contributed by atoms with Crippen LogP contribution in [0, 0.1) is 13.8 Å². The Bertz CT molecular complexity index is 1170. The number of ether oxygens (including phenoxy) is 1. The number of benzene rings is 2. The molecule has 6 nitrogen and oxygen atoms in total. The highest BCUT2D eigenvalue weighted by Gasteiger charge is 2.32. The molecule has 1 heterocycles. The predicted molar refractivity (Wildman–Crippen MR) is 121 cm³/mol. The number of carbonyl (C=O) groups excluding carboxylic acids is 3. The number of aromatic nitrogens is 1. The molecule has 0 unspecified atom stereocenters. The van der Waals surface area contributed by atoms with Gasteiger partial charge in [0.15, 0.2) is 5.78 Å². The van der Waals surface area contributed by atoms with E-state index >= 15 is 0 Å². The smallest absolute Gasteiger partial charge is 0.354 e. The van der Waals surface area contributed by atoms with Crippen molar-refractivity contribution in [1.29, 1.82) is 0 Å². The number of nitrogens with zero attached hydrogens (tertiary/aromatic N) is 2. The van der Waals surface area contributed by atoms with Crippen LogP contribution in [0.2, 0.25) is 0 Å². The second kappa shape index (κ2) is 8.76. The van der Waals surface area contributed by atoms with Gasteiger partial charge in [0.25, 0.3) is 5.91 Å². The molecule has 0 N–H and O–H groups in total. The van der Waals surface area contributed by atoms with Crippen LogP contribution in [-0.2, 0) is 11.8 Å². The number of fused-ring (bicyclic) bond motifs is 1. The number of likely N-dealkylation sites (N-methyl/N-ethyl adjacent to an activating group) is 1. The third kappa shape index (κ3) is 3.74. The number of amides is 1.